The molecule has 28 heavy (non-hydrogen) atoms. The number of hydrogen-bond acceptors (Lipinski definition) is 5. The highest BCUT2D eigenvalue weighted by Gasteiger charge is 2.28. The highest BCUT2D eigenvalue weighted by atomic mass is 32.2. The fraction of sp³-hybridized carbons (Fsp3) is 0.350. The summed E-state index contributed by atoms with van der Waals surface area (Å²) >= 11 is 0. The maximum Gasteiger partial charge on any atom is 0.327 e. The summed E-state index contributed by atoms with van der Waals surface area (Å²) in [6.45, 7) is 5.36. The van der Waals surface area contributed by atoms with Crippen molar-refractivity contribution >= 4 is 21.7 Å². The van der Waals surface area contributed by atoms with Crippen molar-refractivity contribution in [1.29, 1.82) is 0 Å². The van der Waals surface area contributed by atoms with E-state index in [0.29, 0.717) is 12.4 Å². The van der Waals surface area contributed by atoms with Gasteiger partial charge in [0.15, 0.2) is 0 Å². The Labute approximate surface area is 164 Å². The first kappa shape index (κ1) is 21.7. The molecule has 152 valence electrons. The van der Waals surface area contributed by atoms with Crippen LogP contribution < -0.4 is 9.04 Å². The molecule has 2 aromatic rings. The van der Waals surface area contributed by atoms with E-state index in [-0.39, 0.29) is 16.7 Å². The van der Waals surface area contributed by atoms with Crippen LogP contribution in [-0.4, -0.2) is 33.6 Å². The molecule has 8 heteroatoms. The van der Waals surface area contributed by atoms with Gasteiger partial charge in [-0.2, -0.15) is 0 Å². The first-order chi connectivity index (χ1) is 13.2. The SMILES string of the molecule is CCCOc1ccc(N(CC(=O)OC(C)C)S(=O)(=O)c2ccc(F)cc2)cc1. The number of hydrogen-bond donors (Lipinski definition) is 0. The summed E-state index contributed by atoms with van der Waals surface area (Å²) in [6, 6.07) is 10.8. The molecule has 0 aromatic heterocycles. The maximum absolute atomic E-state index is 13.2. The van der Waals surface area contributed by atoms with E-state index in [1.807, 2.05) is 6.92 Å². The van der Waals surface area contributed by atoms with Crippen molar-refractivity contribution in [3.63, 3.8) is 0 Å². The molecule has 0 aliphatic heterocycles. The Morgan fingerprint density at radius 3 is 2.21 bits per heavy atom. The molecule has 0 aliphatic rings. The van der Waals surface area contributed by atoms with Crippen LogP contribution in [0.1, 0.15) is 27.2 Å². The van der Waals surface area contributed by atoms with Crippen molar-refractivity contribution in [1.82, 2.24) is 0 Å². The van der Waals surface area contributed by atoms with Gasteiger partial charge in [0.2, 0.25) is 0 Å². The Kier molecular flexibility index (Phi) is 7.39. The number of sulfonamides is 1. The lowest BCUT2D eigenvalue weighted by molar-refractivity contribution is -0.145. The normalized spacial score (nSPS) is 11.3. The molecule has 2 aromatic carbocycles. The second-order valence-electron chi connectivity index (χ2n) is 6.35. The summed E-state index contributed by atoms with van der Waals surface area (Å²) in [5.74, 6) is -0.649. The van der Waals surface area contributed by atoms with Crippen molar-refractivity contribution in [3.8, 4) is 5.75 Å². The van der Waals surface area contributed by atoms with Gasteiger partial charge in [-0.15, -0.1) is 0 Å². The van der Waals surface area contributed by atoms with Crippen LogP contribution in [0, 0.1) is 5.82 Å². The van der Waals surface area contributed by atoms with Gasteiger partial charge in [-0.05, 0) is 68.8 Å². The molecule has 0 N–H and O–H groups in total. The summed E-state index contributed by atoms with van der Waals surface area (Å²) in [7, 11) is -4.11. The number of rotatable bonds is 9. The van der Waals surface area contributed by atoms with E-state index in [1.54, 1.807) is 38.1 Å². The number of anilines is 1. The van der Waals surface area contributed by atoms with Gasteiger partial charge >= 0.3 is 5.97 Å². The Morgan fingerprint density at radius 1 is 1.07 bits per heavy atom. The van der Waals surface area contributed by atoms with E-state index in [1.165, 1.54) is 0 Å². The summed E-state index contributed by atoms with van der Waals surface area (Å²) in [5, 5.41) is 0. The standard InChI is InChI=1S/C20H24FNO5S/c1-4-13-26-18-9-7-17(8-10-18)22(14-20(23)27-15(2)3)28(24,25)19-11-5-16(21)6-12-19/h5-12,15H,4,13-14H2,1-3H3. The van der Waals surface area contributed by atoms with Gasteiger partial charge in [0.05, 0.1) is 23.3 Å². The molecular formula is C20H24FNO5S. The zero-order valence-corrected chi connectivity index (χ0v) is 16.9. The minimum absolute atomic E-state index is 0.127. The topological polar surface area (TPSA) is 72.9 Å². The maximum atomic E-state index is 13.2. The summed E-state index contributed by atoms with van der Waals surface area (Å²) in [4.78, 5) is 12.0. The number of carbonyl (C=O) groups is 1. The Bertz CT molecular complexity index is 880. The summed E-state index contributed by atoms with van der Waals surface area (Å²) in [6.07, 6.45) is 0.459. The Morgan fingerprint density at radius 2 is 1.68 bits per heavy atom. The molecule has 0 amide bonds. The minimum atomic E-state index is -4.11. The molecule has 0 fully saturated rings. The number of nitrogens with zero attached hydrogens (tertiary/aromatic N) is 1. The average molecular weight is 409 g/mol. The minimum Gasteiger partial charge on any atom is -0.494 e. The third-order valence-corrected chi connectivity index (χ3v) is 5.43. The fourth-order valence-electron chi connectivity index (χ4n) is 2.39. The second kappa shape index (κ2) is 9.54. The van der Waals surface area contributed by atoms with Crippen molar-refractivity contribution < 1.29 is 27.1 Å². The van der Waals surface area contributed by atoms with E-state index < -0.39 is 28.4 Å². The van der Waals surface area contributed by atoms with Crippen molar-refractivity contribution in [2.24, 2.45) is 0 Å². The van der Waals surface area contributed by atoms with Crippen LogP contribution in [0.25, 0.3) is 0 Å². The van der Waals surface area contributed by atoms with E-state index in [2.05, 4.69) is 0 Å². The van der Waals surface area contributed by atoms with Gasteiger partial charge in [0.25, 0.3) is 10.0 Å². The lowest BCUT2D eigenvalue weighted by atomic mass is 10.3. The molecule has 0 atom stereocenters. The molecule has 0 bridgehead atoms. The molecular weight excluding hydrogens is 385 g/mol. The van der Waals surface area contributed by atoms with Gasteiger partial charge in [0.1, 0.15) is 18.1 Å². The highest BCUT2D eigenvalue weighted by molar-refractivity contribution is 7.92. The number of ether oxygens (including phenoxy) is 2. The van der Waals surface area contributed by atoms with Crippen LogP contribution >= 0.6 is 0 Å². The first-order valence-corrected chi connectivity index (χ1v) is 10.4. The lowest BCUT2D eigenvalue weighted by Crippen LogP contribution is -2.37. The molecule has 0 saturated heterocycles. The van der Waals surface area contributed by atoms with Crippen molar-refractivity contribution in [3.05, 3.63) is 54.3 Å². The molecule has 0 saturated carbocycles. The first-order valence-electron chi connectivity index (χ1n) is 8.94. The van der Waals surface area contributed by atoms with Crippen molar-refractivity contribution in [2.45, 2.75) is 38.2 Å². The smallest absolute Gasteiger partial charge is 0.327 e. The van der Waals surface area contributed by atoms with Crippen LogP contribution in [0.2, 0.25) is 0 Å². The van der Waals surface area contributed by atoms with Crippen LogP contribution in [0.3, 0.4) is 0 Å². The largest absolute Gasteiger partial charge is 0.494 e. The van der Waals surface area contributed by atoms with Gasteiger partial charge in [-0.25, -0.2) is 12.8 Å². The van der Waals surface area contributed by atoms with Crippen LogP contribution in [0.5, 0.6) is 5.75 Å². The van der Waals surface area contributed by atoms with Crippen LogP contribution in [0.4, 0.5) is 10.1 Å². The molecule has 0 spiro atoms. The monoisotopic (exact) mass is 409 g/mol. The van der Waals surface area contributed by atoms with Gasteiger partial charge in [-0.1, -0.05) is 6.92 Å². The number of halogens is 1. The molecule has 0 radical (unpaired) electrons. The van der Waals surface area contributed by atoms with Gasteiger partial charge in [0, 0.05) is 0 Å². The zero-order chi connectivity index (χ0) is 20.7. The zero-order valence-electron chi connectivity index (χ0n) is 16.1. The van der Waals surface area contributed by atoms with Gasteiger partial charge in [-0.3, -0.25) is 9.10 Å². The van der Waals surface area contributed by atoms with Crippen LogP contribution in [0.15, 0.2) is 53.4 Å². The third-order valence-electron chi connectivity index (χ3n) is 3.64. The van der Waals surface area contributed by atoms with Gasteiger partial charge < -0.3 is 9.47 Å². The Balaban J connectivity index is 2.38. The summed E-state index contributed by atoms with van der Waals surface area (Å²) in [5.41, 5.74) is 0.272. The van der Waals surface area contributed by atoms with E-state index >= 15 is 0 Å². The quantitative estimate of drug-likeness (QED) is 0.590. The van der Waals surface area contributed by atoms with E-state index in [9.17, 15) is 17.6 Å². The van der Waals surface area contributed by atoms with Crippen molar-refractivity contribution in [2.75, 3.05) is 17.5 Å². The fourth-order valence-corrected chi connectivity index (χ4v) is 3.80. The van der Waals surface area contributed by atoms with E-state index in [4.69, 9.17) is 9.47 Å². The van der Waals surface area contributed by atoms with E-state index in [0.717, 1.165) is 35.0 Å². The predicted molar refractivity (Wildman–Crippen MR) is 104 cm³/mol. The molecule has 0 aliphatic carbocycles. The molecule has 2 rings (SSSR count). The highest BCUT2D eigenvalue weighted by Crippen LogP contribution is 2.26. The lowest BCUT2D eigenvalue weighted by Gasteiger charge is -2.24. The number of benzene rings is 2. The van der Waals surface area contributed by atoms with Crippen LogP contribution in [-0.2, 0) is 19.6 Å². The molecule has 0 heterocycles. The Hall–Kier alpha value is -2.61. The molecule has 6 nitrogen and oxygen atoms in total. The molecule has 0 unspecified atom stereocenters. The number of esters is 1. The predicted octanol–water partition coefficient (Wildman–Crippen LogP) is 3.76. The number of carbonyl (C=O) groups excluding carboxylic acids is 1. The second-order valence-corrected chi connectivity index (χ2v) is 8.21. The summed E-state index contributed by atoms with van der Waals surface area (Å²) < 4.78 is 50.9. The average Bonchev–Trinajstić information content (AvgIpc) is 2.64. The third kappa shape index (κ3) is 5.69.